The number of aliphatic hydroxyl groups is 1. The van der Waals surface area contributed by atoms with Crippen LogP contribution in [0.2, 0.25) is 0 Å². The van der Waals surface area contributed by atoms with Gasteiger partial charge in [-0.3, -0.25) is 9.59 Å². The molecular formula is C20H40O5S2. The van der Waals surface area contributed by atoms with Gasteiger partial charge in [-0.1, -0.05) is 78.1 Å². The molecule has 3 unspecified atom stereocenters. The highest BCUT2D eigenvalue weighted by Crippen LogP contribution is 2.48. The maximum Gasteiger partial charge on any atom is 0.314 e. The Hall–Kier alpha value is -0.400. The van der Waals surface area contributed by atoms with Crippen molar-refractivity contribution in [2.24, 2.45) is 5.92 Å². The molecule has 0 aromatic heterocycles. The van der Waals surface area contributed by atoms with Gasteiger partial charge in [0.25, 0.3) is 0 Å². The second-order valence-electron chi connectivity index (χ2n) is 7.22. The van der Waals surface area contributed by atoms with Crippen LogP contribution in [-0.2, 0) is 9.59 Å². The molecule has 0 aliphatic carbocycles. The van der Waals surface area contributed by atoms with E-state index in [2.05, 4.69) is 13.8 Å². The lowest BCUT2D eigenvalue weighted by Gasteiger charge is -2.31. The van der Waals surface area contributed by atoms with Gasteiger partial charge in [0.15, 0.2) is 0 Å². The van der Waals surface area contributed by atoms with Crippen molar-refractivity contribution < 1.29 is 24.9 Å². The van der Waals surface area contributed by atoms with Gasteiger partial charge in [-0.05, 0) is 18.8 Å². The highest BCUT2D eigenvalue weighted by Gasteiger charge is 2.27. The molecule has 0 aromatic rings. The Labute approximate surface area is 171 Å². The van der Waals surface area contributed by atoms with Gasteiger partial charge in [0.05, 0.1) is 16.9 Å². The molecule has 0 amide bonds. The smallest absolute Gasteiger partial charge is 0.314 e. The van der Waals surface area contributed by atoms with Gasteiger partial charge in [-0.25, -0.2) is 0 Å². The summed E-state index contributed by atoms with van der Waals surface area (Å²) in [5, 5.41) is 29.0. The summed E-state index contributed by atoms with van der Waals surface area (Å²) < 4.78 is 0. The van der Waals surface area contributed by atoms with Gasteiger partial charge in [0, 0.05) is 0 Å². The van der Waals surface area contributed by atoms with Crippen LogP contribution in [0.15, 0.2) is 0 Å². The van der Waals surface area contributed by atoms with Crippen LogP contribution >= 0.6 is 20.7 Å². The van der Waals surface area contributed by atoms with E-state index in [9.17, 15) is 14.7 Å². The van der Waals surface area contributed by atoms with Crippen LogP contribution < -0.4 is 0 Å². The minimum Gasteiger partial charge on any atom is -0.481 e. The number of aliphatic carboxylic acids is 2. The highest BCUT2D eigenvalue weighted by atomic mass is 33.1. The van der Waals surface area contributed by atoms with Gasteiger partial charge in [0.1, 0.15) is 0 Å². The summed E-state index contributed by atoms with van der Waals surface area (Å²) in [6, 6.07) is 0. The summed E-state index contributed by atoms with van der Waals surface area (Å²) in [5.74, 6) is -2.10. The van der Waals surface area contributed by atoms with Crippen LogP contribution in [0.3, 0.4) is 0 Å². The Bertz CT molecular complexity index is 393. The molecule has 162 valence electrons. The Morgan fingerprint density at radius 2 is 1.30 bits per heavy atom. The number of unbranched alkanes of at least 4 members (excludes halogenated alkanes) is 8. The quantitative estimate of drug-likeness (QED) is 0.125. The van der Waals surface area contributed by atoms with Gasteiger partial charge < -0.3 is 15.3 Å². The summed E-state index contributed by atoms with van der Waals surface area (Å²) in [7, 11) is -0.173. The standard InChI is InChI=1S/C20H40O5S2/c1-3-5-7-9-10-12-14-17(13-11-8-6-4-2)20(25)27(16-19(23)24)26-15-18(21)22/h17,20,25,27H,3-16H2,1-2H3,(H,21,22)(H,23,24). The zero-order valence-corrected chi connectivity index (χ0v) is 18.8. The van der Waals surface area contributed by atoms with E-state index in [1.54, 1.807) is 0 Å². The lowest BCUT2D eigenvalue weighted by molar-refractivity contribution is -0.135. The summed E-state index contributed by atoms with van der Waals surface area (Å²) in [5.41, 5.74) is -0.697. The fraction of sp³-hybridized carbons (Fsp3) is 0.900. The molecule has 0 spiro atoms. The fourth-order valence-corrected chi connectivity index (χ4v) is 7.34. The second kappa shape index (κ2) is 17.7. The van der Waals surface area contributed by atoms with E-state index >= 15 is 0 Å². The summed E-state index contributed by atoms with van der Waals surface area (Å²) >= 11 is 0. The molecule has 5 nitrogen and oxygen atoms in total. The van der Waals surface area contributed by atoms with Crippen molar-refractivity contribution in [2.75, 3.05) is 11.5 Å². The zero-order chi connectivity index (χ0) is 20.5. The number of hydrogen-bond donors (Lipinski definition) is 4. The molecule has 0 aliphatic heterocycles. The Morgan fingerprint density at radius 1 is 0.815 bits per heavy atom. The van der Waals surface area contributed by atoms with Crippen molar-refractivity contribution in [3.63, 3.8) is 0 Å². The lowest BCUT2D eigenvalue weighted by atomic mass is 9.95. The first-order chi connectivity index (χ1) is 12.9. The number of thiol groups is 1. The van der Waals surface area contributed by atoms with Crippen LogP contribution in [0.5, 0.6) is 0 Å². The fourth-order valence-electron chi connectivity index (χ4n) is 3.18. The molecule has 0 fully saturated rings. The third-order valence-electron chi connectivity index (χ3n) is 4.72. The maximum absolute atomic E-state index is 11.2. The predicted molar refractivity (Wildman–Crippen MR) is 118 cm³/mol. The third-order valence-corrected chi connectivity index (χ3v) is 9.44. The van der Waals surface area contributed by atoms with Crippen LogP contribution in [0.4, 0.5) is 0 Å². The normalized spacial score (nSPS) is 15.3. The molecule has 3 N–H and O–H groups in total. The Morgan fingerprint density at radius 3 is 1.78 bits per heavy atom. The number of hydrogen-bond acceptors (Lipinski definition) is 4. The van der Waals surface area contributed by atoms with Crippen LogP contribution in [0, 0.1) is 5.92 Å². The van der Waals surface area contributed by atoms with Gasteiger partial charge in [-0.2, -0.15) is 9.93 Å². The number of carboxylic acid groups (broad SMARTS) is 2. The van der Waals surface area contributed by atoms with Crippen molar-refractivity contribution in [1.82, 2.24) is 0 Å². The molecule has 0 bridgehead atoms. The summed E-state index contributed by atoms with van der Waals surface area (Å²) in [6.07, 6.45) is 13.5. The number of aliphatic hydroxyl groups excluding tert-OH is 1. The molecular weight excluding hydrogens is 384 g/mol. The molecule has 0 radical (unpaired) electrons. The SMILES string of the molecule is CCCCCCCCC(CCCCCC)C(O)[SH](CC(=O)O)SCC(=O)O. The molecule has 3 atom stereocenters. The van der Waals surface area contributed by atoms with E-state index in [0.29, 0.717) is 0 Å². The second-order valence-corrected chi connectivity index (χ2v) is 11.6. The predicted octanol–water partition coefficient (Wildman–Crippen LogP) is 5.46. The molecule has 0 saturated carbocycles. The topological polar surface area (TPSA) is 94.8 Å². The van der Waals surface area contributed by atoms with Crippen LogP contribution in [0.25, 0.3) is 0 Å². The summed E-state index contributed by atoms with van der Waals surface area (Å²) in [6.45, 7) is 4.36. The van der Waals surface area contributed by atoms with E-state index in [4.69, 9.17) is 10.2 Å². The average molecular weight is 425 g/mol. The van der Waals surface area contributed by atoms with E-state index in [0.717, 1.165) is 55.7 Å². The Kier molecular flexibility index (Phi) is 17.4. The van der Waals surface area contributed by atoms with E-state index in [1.807, 2.05) is 0 Å². The molecule has 0 aliphatic rings. The molecule has 0 heterocycles. The first kappa shape index (κ1) is 26.6. The van der Waals surface area contributed by atoms with E-state index < -0.39 is 27.3 Å². The maximum atomic E-state index is 11.2. The van der Waals surface area contributed by atoms with Crippen LogP contribution in [0.1, 0.15) is 90.9 Å². The molecule has 0 rings (SSSR count). The average Bonchev–Trinajstić information content (AvgIpc) is 2.62. The van der Waals surface area contributed by atoms with Gasteiger partial charge in [-0.15, -0.1) is 10.8 Å². The minimum atomic E-state index is -1.30. The monoisotopic (exact) mass is 424 g/mol. The molecule has 0 saturated heterocycles. The number of carbonyl (C=O) groups is 2. The third kappa shape index (κ3) is 15.2. The number of carboxylic acids is 2. The molecule has 0 aromatic carbocycles. The molecule has 7 heteroatoms. The molecule has 27 heavy (non-hydrogen) atoms. The van der Waals surface area contributed by atoms with Gasteiger partial charge in [0.2, 0.25) is 0 Å². The van der Waals surface area contributed by atoms with Crippen molar-refractivity contribution in [3.8, 4) is 0 Å². The highest BCUT2D eigenvalue weighted by molar-refractivity contribution is 8.85. The first-order valence-corrected chi connectivity index (χ1v) is 13.6. The van der Waals surface area contributed by atoms with Crippen molar-refractivity contribution in [2.45, 2.75) is 96.3 Å². The minimum absolute atomic E-state index is 0.0831. The van der Waals surface area contributed by atoms with Crippen molar-refractivity contribution >= 4 is 32.7 Å². The van der Waals surface area contributed by atoms with E-state index in [-0.39, 0.29) is 17.4 Å². The zero-order valence-electron chi connectivity index (χ0n) is 17.1. The van der Waals surface area contributed by atoms with Crippen LogP contribution in [-0.4, -0.2) is 44.2 Å². The number of rotatable bonds is 19. The largest absolute Gasteiger partial charge is 0.481 e. The van der Waals surface area contributed by atoms with Gasteiger partial charge >= 0.3 is 11.9 Å². The first-order valence-electron chi connectivity index (χ1n) is 10.4. The van der Waals surface area contributed by atoms with Crippen molar-refractivity contribution in [1.29, 1.82) is 0 Å². The van der Waals surface area contributed by atoms with E-state index in [1.165, 1.54) is 32.1 Å². The van der Waals surface area contributed by atoms with Crippen molar-refractivity contribution in [3.05, 3.63) is 0 Å². The lowest BCUT2D eigenvalue weighted by Crippen LogP contribution is -2.23. The Balaban J connectivity index is 4.71. The summed E-state index contributed by atoms with van der Waals surface area (Å²) in [4.78, 5) is 22.1.